The van der Waals surface area contributed by atoms with E-state index in [0.29, 0.717) is 21.9 Å². The number of nitro groups is 1. The predicted molar refractivity (Wildman–Crippen MR) is 161 cm³/mol. The molecule has 0 aromatic heterocycles. The molecule has 3 aromatic rings. The zero-order chi connectivity index (χ0) is 31.7. The van der Waals surface area contributed by atoms with Gasteiger partial charge in [0.1, 0.15) is 23.1 Å². The van der Waals surface area contributed by atoms with Crippen molar-refractivity contribution in [3.63, 3.8) is 0 Å². The minimum absolute atomic E-state index is 0.0795. The van der Waals surface area contributed by atoms with E-state index in [1.807, 2.05) is 0 Å². The Kier molecular flexibility index (Phi) is 11.1. The van der Waals surface area contributed by atoms with Gasteiger partial charge in [-0.25, -0.2) is 9.59 Å². The first-order valence-electron chi connectivity index (χ1n) is 13.6. The summed E-state index contributed by atoms with van der Waals surface area (Å²) in [4.78, 5) is 48.9. The molecule has 2 N–H and O–H groups in total. The number of hydrogen-bond acceptors (Lipinski definition) is 8. The van der Waals surface area contributed by atoms with Crippen LogP contribution < -0.4 is 15.4 Å². The maximum Gasteiger partial charge on any atom is 0.407 e. The average molecular weight is 612 g/mol. The van der Waals surface area contributed by atoms with Crippen LogP contribution in [0.2, 0.25) is 5.02 Å². The number of rotatable bonds is 11. The number of alkyl carbamates (subject to hydrolysis) is 1. The van der Waals surface area contributed by atoms with Crippen molar-refractivity contribution >= 4 is 35.3 Å². The molecule has 0 spiro atoms. The van der Waals surface area contributed by atoms with Crippen LogP contribution in [-0.2, 0) is 20.8 Å². The van der Waals surface area contributed by atoms with Crippen LogP contribution in [0.15, 0.2) is 60.7 Å². The van der Waals surface area contributed by atoms with Gasteiger partial charge in [-0.05, 0) is 70.0 Å². The summed E-state index contributed by atoms with van der Waals surface area (Å²) < 4.78 is 16.5. The lowest BCUT2D eigenvalue weighted by molar-refractivity contribution is -0.384. The van der Waals surface area contributed by atoms with Crippen molar-refractivity contribution < 1.29 is 33.5 Å². The van der Waals surface area contributed by atoms with Gasteiger partial charge in [0.25, 0.3) is 11.6 Å². The van der Waals surface area contributed by atoms with E-state index in [0.717, 1.165) is 0 Å². The minimum atomic E-state index is -0.909. The number of nitrogens with zero attached hydrogens (tertiary/aromatic N) is 1. The number of non-ortho nitro benzene ring substituents is 1. The quantitative estimate of drug-likeness (QED) is 0.137. The van der Waals surface area contributed by atoms with Crippen LogP contribution in [-0.4, -0.2) is 41.1 Å². The van der Waals surface area contributed by atoms with Crippen molar-refractivity contribution in [2.24, 2.45) is 0 Å². The summed E-state index contributed by atoms with van der Waals surface area (Å²) >= 11 is 6.30. The van der Waals surface area contributed by atoms with Crippen molar-refractivity contribution in [1.29, 1.82) is 0 Å². The van der Waals surface area contributed by atoms with Gasteiger partial charge in [0.2, 0.25) is 0 Å². The largest absolute Gasteiger partial charge is 0.464 e. The molecule has 0 aliphatic carbocycles. The highest BCUT2D eigenvalue weighted by Gasteiger charge is 2.25. The Labute approximate surface area is 254 Å². The molecule has 2 amide bonds. The Hall–Kier alpha value is -4.64. The van der Waals surface area contributed by atoms with Crippen LogP contribution in [0.1, 0.15) is 57.0 Å². The smallest absolute Gasteiger partial charge is 0.407 e. The van der Waals surface area contributed by atoms with Crippen molar-refractivity contribution in [2.45, 2.75) is 59.2 Å². The highest BCUT2D eigenvalue weighted by atomic mass is 35.5. The summed E-state index contributed by atoms with van der Waals surface area (Å²) in [5, 5.41) is 17.3. The van der Waals surface area contributed by atoms with Gasteiger partial charge < -0.3 is 24.8 Å². The second kappa shape index (κ2) is 14.5. The summed E-state index contributed by atoms with van der Waals surface area (Å²) in [6, 6.07) is 14.5. The molecular formula is C31H34ClN3O8. The number of carbonyl (C=O) groups is 3. The number of ether oxygens (including phenoxy) is 3. The van der Waals surface area contributed by atoms with Gasteiger partial charge >= 0.3 is 12.1 Å². The maximum absolute atomic E-state index is 13.4. The first-order valence-corrected chi connectivity index (χ1v) is 14.0. The number of carbonyl (C=O) groups excluding carboxylic acids is 3. The lowest BCUT2D eigenvalue weighted by atomic mass is 9.97. The summed E-state index contributed by atoms with van der Waals surface area (Å²) in [5.41, 5.74) is 0.443. The molecule has 0 heterocycles. The molecule has 0 radical (unpaired) electrons. The van der Waals surface area contributed by atoms with E-state index in [-0.39, 0.29) is 42.1 Å². The number of halogens is 1. The molecule has 0 saturated heterocycles. The molecule has 1 unspecified atom stereocenters. The van der Waals surface area contributed by atoms with Crippen molar-refractivity contribution in [1.82, 2.24) is 10.6 Å². The zero-order valence-corrected chi connectivity index (χ0v) is 25.3. The Bertz CT molecular complexity index is 1500. The third-order valence-corrected chi connectivity index (χ3v) is 6.17. The van der Waals surface area contributed by atoms with E-state index in [1.165, 1.54) is 24.3 Å². The number of nitrogens with one attached hydrogen (secondary N) is 2. The fourth-order valence-corrected chi connectivity index (χ4v) is 4.17. The summed E-state index contributed by atoms with van der Waals surface area (Å²) in [7, 11) is 0. The average Bonchev–Trinajstić information content (AvgIpc) is 2.94. The normalized spacial score (nSPS) is 11.7. The van der Waals surface area contributed by atoms with Crippen LogP contribution in [0.5, 0.6) is 11.5 Å². The van der Waals surface area contributed by atoms with Gasteiger partial charge in [0.15, 0.2) is 0 Å². The lowest BCUT2D eigenvalue weighted by Crippen LogP contribution is -2.41. The first kappa shape index (κ1) is 32.9. The fourth-order valence-electron chi connectivity index (χ4n) is 4.01. The Morgan fingerprint density at radius 3 is 2.40 bits per heavy atom. The third kappa shape index (κ3) is 9.44. The number of hydrogen-bond donors (Lipinski definition) is 2. The van der Waals surface area contributed by atoms with Gasteiger partial charge in [-0.1, -0.05) is 30.7 Å². The SMILES string of the molecule is CCOC(=O)C(CC)NC(=O)c1ccc([N+](=O)[O-])cc1-c1ccc(Cl)cc1Oc1cccc(CNC(=O)OC(C)(C)C)c1. The second-order valence-corrected chi connectivity index (χ2v) is 10.9. The minimum Gasteiger partial charge on any atom is -0.464 e. The third-order valence-electron chi connectivity index (χ3n) is 5.94. The molecule has 43 heavy (non-hydrogen) atoms. The molecule has 12 heteroatoms. The maximum atomic E-state index is 13.4. The number of benzene rings is 3. The highest BCUT2D eigenvalue weighted by molar-refractivity contribution is 6.30. The first-order chi connectivity index (χ1) is 20.3. The summed E-state index contributed by atoms with van der Waals surface area (Å²) in [5.74, 6) is -0.604. The fraction of sp³-hybridized carbons (Fsp3) is 0.323. The molecule has 0 bridgehead atoms. The predicted octanol–water partition coefficient (Wildman–Crippen LogP) is 6.80. The number of nitro benzene ring substituents is 1. The molecule has 0 fully saturated rings. The molecule has 0 saturated carbocycles. The van der Waals surface area contributed by atoms with Crippen LogP contribution in [0.4, 0.5) is 10.5 Å². The lowest BCUT2D eigenvalue weighted by Gasteiger charge is -2.20. The van der Waals surface area contributed by atoms with E-state index < -0.39 is 34.5 Å². The van der Waals surface area contributed by atoms with Crippen LogP contribution >= 0.6 is 11.6 Å². The molecule has 228 valence electrons. The second-order valence-electron chi connectivity index (χ2n) is 10.4. The number of amides is 2. The van der Waals surface area contributed by atoms with Crippen LogP contribution in [0.25, 0.3) is 11.1 Å². The summed E-state index contributed by atoms with van der Waals surface area (Å²) in [6.07, 6.45) is -0.290. The van der Waals surface area contributed by atoms with E-state index in [9.17, 15) is 24.5 Å². The van der Waals surface area contributed by atoms with Gasteiger partial charge in [-0.15, -0.1) is 0 Å². The molecule has 11 nitrogen and oxygen atoms in total. The molecule has 0 aliphatic heterocycles. The van der Waals surface area contributed by atoms with Gasteiger partial charge in [-0.3, -0.25) is 14.9 Å². The topological polar surface area (TPSA) is 146 Å². The molecule has 1 atom stereocenters. The monoisotopic (exact) mass is 611 g/mol. The van der Waals surface area contributed by atoms with E-state index in [2.05, 4.69) is 10.6 Å². The molecule has 0 aliphatic rings. The Balaban J connectivity index is 1.98. The standard InChI is InChI=1S/C31H34ClN3O8/c1-6-26(29(37)41-7-2)34-28(36)24-14-12-21(35(39)40)17-25(24)23-13-11-20(32)16-27(23)42-22-10-8-9-19(15-22)18-33-30(38)43-31(3,4)5/h8-17,26H,6-7,18H2,1-5H3,(H,33,38)(H,34,36). The van der Waals surface area contributed by atoms with Gasteiger partial charge in [0.05, 0.1) is 11.5 Å². The van der Waals surface area contributed by atoms with Crippen molar-refractivity contribution in [3.8, 4) is 22.6 Å². The Morgan fingerprint density at radius 1 is 1.00 bits per heavy atom. The highest BCUT2D eigenvalue weighted by Crippen LogP contribution is 2.39. The van der Waals surface area contributed by atoms with E-state index >= 15 is 0 Å². The van der Waals surface area contributed by atoms with E-state index in [1.54, 1.807) is 71.0 Å². The van der Waals surface area contributed by atoms with Crippen molar-refractivity contribution in [2.75, 3.05) is 6.61 Å². The van der Waals surface area contributed by atoms with Gasteiger partial charge in [0, 0.05) is 46.5 Å². The van der Waals surface area contributed by atoms with Crippen LogP contribution in [0, 0.1) is 10.1 Å². The van der Waals surface area contributed by atoms with Crippen molar-refractivity contribution in [3.05, 3.63) is 86.9 Å². The zero-order valence-electron chi connectivity index (χ0n) is 24.6. The molecular weight excluding hydrogens is 578 g/mol. The number of esters is 1. The Morgan fingerprint density at radius 2 is 1.74 bits per heavy atom. The molecule has 3 rings (SSSR count). The molecule has 3 aromatic carbocycles. The summed E-state index contributed by atoms with van der Waals surface area (Å²) in [6.45, 7) is 9.01. The van der Waals surface area contributed by atoms with E-state index in [4.69, 9.17) is 25.8 Å². The van der Waals surface area contributed by atoms with Crippen LogP contribution in [0.3, 0.4) is 0 Å². The van der Waals surface area contributed by atoms with Gasteiger partial charge in [-0.2, -0.15) is 0 Å².